The van der Waals surface area contributed by atoms with Crippen LogP contribution in [0, 0.1) is 6.92 Å². The van der Waals surface area contributed by atoms with Gasteiger partial charge in [0.15, 0.2) is 5.13 Å². The first-order chi connectivity index (χ1) is 8.74. The highest BCUT2D eigenvalue weighted by molar-refractivity contribution is 7.15. The lowest BCUT2D eigenvalue weighted by atomic mass is 10.3. The normalized spacial score (nSPS) is 10.1. The first-order valence-corrected chi connectivity index (χ1v) is 6.46. The molecule has 0 aliphatic rings. The van der Waals surface area contributed by atoms with Crippen molar-refractivity contribution in [3.63, 3.8) is 0 Å². The fourth-order valence-corrected chi connectivity index (χ4v) is 2.05. The molecular formula is C13H14N2O2S. The first-order valence-electron chi connectivity index (χ1n) is 5.64. The molecule has 94 valence electrons. The SMILES string of the molecule is Cc1cnc(NC(=O)CCOc2ccccc2)s1. The molecule has 0 radical (unpaired) electrons. The van der Waals surface area contributed by atoms with Gasteiger partial charge in [0.05, 0.1) is 13.0 Å². The highest BCUT2D eigenvalue weighted by atomic mass is 32.1. The van der Waals surface area contributed by atoms with Crippen molar-refractivity contribution < 1.29 is 9.53 Å². The van der Waals surface area contributed by atoms with E-state index in [9.17, 15) is 4.79 Å². The van der Waals surface area contributed by atoms with Crippen molar-refractivity contribution >= 4 is 22.4 Å². The highest BCUT2D eigenvalue weighted by Gasteiger charge is 2.05. The summed E-state index contributed by atoms with van der Waals surface area (Å²) in [6.07, 6.45) is 2.05. The van der Waals surface area contributed by atoms with Gasteiger partial charge in [0.1, 0.15) is 5.75 Å². The fourth-order valence-electron chi connectivity index (χ4n) is 1.37. The Bertz CT molecular complexity index is 511. The summed E-state index contributed by atoms with van der Waals surface area (Å²) in [4.78, 5) is 16.7. The van der Waals surface area contributed by atoms with E-state index in [-0.39, 0.29) is 5.91 Å². The van der Waals surface area contributed by atoms with E-state index in [4.69, 9.17) is 4.74 Å². The number of hydrogen-bond acceptors (Lipinski definition) is 4. The second-order valence-corrected chi connectivity index (χ2v) is 4.97. The minimum atomic E-state index is -0.0831. The van der Waals surface area contributed by atoms with E-state index in [2.05, 4.69) is 10.3 Å². The van der Waals surface area contributed by atoms with E-state index in [0.29, 0.717) is 18.2 Å². The molecule has 0 fully saturated rings. The Labute approximate surface area is 110 Å². The standard InChI is InChI=1S/C13H14N2O2S/c1-10-9-14-13(18-10)15-12(16)7-8-17-11-5-3-2-4-6-11/h2-6,9H,7-8H2,1H3,(H,14,15,16). The van der Waals surface area contributed by atoms with Crippen molar-refractivity contribution in [2.75, 3.05) is 11.9 Å². The Morgan fingerprint density at radius 3 is 2.83 bits per heavy atom. The van der Waals surface area contributed by atoms with E-state index in [1.807, 2.05) is 37.3 Å². The molecule has 0 saturated carbocycles. The number of ether oxygens (including phenoxy) is 1. The Morgan fingerprint density at radius 2 is 2.17 bits per heavy atom. The summed E-state index contributed by atoms with van der Waals surface area (Å²) in [5, 5.41) is 3.37. The molecule has 5 heteroatoms. The van der Waals surface area contributed by atoms with Crippen molar-refractivity contribution in [2.45, 2.75) is 13.3 Å². The maximum absolute atomic E-state index is 11.6. The smallest absolute Gasteiger partial charge is 0.229 e. The zero-order chi connectivity index (χ0) is 12.8. The average Bonchev–Trinajstić information content (AvgIpc) is 2.76. The van der Waals surface area contributed by atoms with Crippen LogP contribution in [0.2, 0.25) is 0 Å². The molecule has 0 aliphatic carbocycles. The molecule has 1 N–H and O–H groups in total. The molecule has 0 unspecified atom stereocenters. The molecule has 1 amide bonds. The van der Waals surface area contributed by atoms with Crippen LogP contribution in [0.15, 0.2) is 36.5 Å². The minimum absolute atomic E-state index is 0.0831. The minimum Gasteiger partial charge on any atom is -0.493 e. The van der Waals surface area contributed by atoms with Gasteiger partial charge in [0, 0.05) is 11.1 Å². The van der Waals surface area contributed by atoms with Gasteiger partial charge >= 0.3 is 0 Å². The van der Waals surface area contributed by atoms with Gasteiger partial charge in [0.25, 0.3) is 0 Å². The van der Waals surface area contributed by atoms with Crippen LogP contribution in [-0.2, 0) is 4.79 Å². The largest absolute Gasteiger partial charge is 0.493 e. The molecule has 2 rings (SSSR count). The topological polar surface area (TPSA) is 51.2 Å². The molecule has 2 aromatic rings. The number of benzene rings is 1. The molecule has 0 atom stereocenters. The van der Waals surface area contributed by atoms with Crippen molar-refractivity contribution in [3.05, 3.63) is 41.4 Å². The number of aromatic nitrogens is 1. The average molecular weight is 262 g/mol. The van der Waals surface area contributed by atoms with Crippen LogP contribution in [0.3, 0.4) is 0 Å². The number of aryl methyl sites for hydroxylation is 1. The molecule has 18 heavy (non-hydrogen) atoms. The number of carbonyl (C=O) groups is 1. The van der Waals surface area contributed by atoms with Crippen molar-refractivity contribution in [2.24, 2.45) is 0 Å². The van der Waals surface area contributed by atoms with Gasteiger partial charge in [-0.1, -0.05) is 18.2 Å². The molecule has 1 heterocycles. The van der Waals surface area contributed by atoms with E-state index < -0.39 is 0 Å². The Morgan fingerprint density at radius 1 is 1.39 bits per heavy atom. The lowest BCUT2D eigenvalue weighted by molar-refractivity contribution is -0.116. The van der Waals surface area contributed by atoms with Crippen LogP contribution >= 0.6 is 11.3 Å². The summed E-state index contributed by atoms with van der Waals surface area (Å²) in [5.74, 6) is 0.690. The van der Waals surface area contributed by atoms with Crippen LogP contribution in [0.5, 0.6) is 5.75 Å². The van der Waals surface area contributed by atoms with E-state index >= 15 is 0 Å². The second kappa shape index (κ2) is 6.16. The summed E-state index contributed by atoms with van der Waals surface area (Å²) in [6, 6.07) is 9.44. The molecule has 0 aliphatic heterocycles. The Kier molecular flexibility index (Phi) is 4.30. The summed E-state index contributed by atoms with van der Waals surface area (Å²) in [7, 11) is 0. The van der Waals surface area contributed by atoms with Gasteiger partial charge in [0.2, 0.25) is 5.91 Å². The van der Waals surface area contributed by atoms with Crippen LogP contribution in [0.1, 0.15) is 11.3 Å². The van der Waals surface area contributed by atoms with E-state index in [1.165, 1.54) is 11.3 Å². The predicted molar refractivity (Wildman–Crippen MR) is 72.0 cm³/mol. The van der Waals surface area contributed by atoms with Gasteiger partial charge < -0.3 is 10.1 Å². The van der Waals surface area contributed by atoms with Crippen molar-refractivity contribution in [1.82, 2.24) is 4.98 Å². The maximum Gasteiger partial charge on any atom is 0.229 e. The molecule has 0 bridgehead atoms. The Balaban J connectivity index is 1.72. The number of nitrogens with zero attached hydrogens (tertiary/aromatic N) is 1. The number of nitrogens with one attached hydrogen (secondary N) is 1. The number of amides is 1. The van der Waals surface area contributed by atoms with Crippen molar-refractivity contribution in [3.8, 4) is 5.75 Å². The molecular weight excluding hydrogens is 248 g/mol. The number of para-hydroxylation sites is 1. The summed E-state index contributed by atoms with van der Waals surface area (Å²) >= 11 is 1.46. The number of thiazole rings is 1. The van der Waals surface area contributed by atoms with Gasteiger partial charge in [-0.05, 0) is 19.1 Å². The van der Waals surface area contributed by atoms with Crippen LogP contribution in [0.25, 0.3) is 0 Å². The summed E-state index contributed by atoms with van der Waals surface area (Å²) in [6.45, 7) is 2.31. The maximum atomic E-state index is 11.6. The third-order valence-corrected chi connectivity index (χ3v) is 3.04. The lowest BCUT2D eigenvalue weighted by Gasteiger charge is -2.05. The predicted octanol–water partition coefficient (Wildman–Crippen LogP) is 2.86. The quantitative estimate of drug-likeness (QED) is 0.901. The summed E-state index contributed by atoms with van der Waals surface area (Å²) < 4.78 is 5.44. The van der Waals surface area contributed by atoms with Crippen LogP contribution < -0.4 is 10.1 Å². The van der Waals surface area contributed by atoms with E-state index in [0.717, 1.165) is 10.6 Å². The fraction of sp³-hybridized carbons (Fsp3) is 0.231. The van der Waals surface area contributed by atoms with Crippen molar-refractivity contribution in [1.29, 1.82) is 0 Å². The molecule has 4 nitrogen and oxygen atoms in total. The number of rotatable bonds is 5. The van der Waals surface area contributed by atoms with E-state index in [1.54, 1.807) is 6.20 Å². The Hall–Kier alpha value is -1.88. The van der Waals surface area contributed by atoms with Crippen LogP contribution in [0.4, 0.5) is 5.13 Å². The van der Waals surface area contributed by atoms with Gasteiger partial charge in [-0.2, -0.15) is 0 Å². The first kappa shape index (κ1) is 12.6. The third kappa shape index (κ3) is 3.85. The highest BCUT2D eigenvalue weighted by Crippen LogP contribution is 2.16. The molecule has 1 aromatic heterocycles. The molecule has 0 spiro atoms. The number of hydrogen-bond donors (Lipinski definition) is 1. The van der Waals surface area contributed by atoms with Gasteiger partial charge in [-0.25, -0.2) is 4.98 Å². The zero-order valence-corrected chi connectivity index (χ0v) is 10.9. The van der Waals surface area contributed by atoms with Gasteiger partial charge in [-0.15, -0.1) is 11.3 Å². The molecule has 0 saturated heterocycles. The third-order valence-electron chi connectivity index (χ3n) is 2.21. The molecule has 1 aromatic carbocycles. The number of carbonyl (C=O) groups excluding carboxylic acids is 1. The second-order valence-electron chi connectivity index (χ2n) is 3.74. The van der Waals surface area contributed by atoms with Crippen LogP contribution in [-0.4, -0.2) is 17.5 Å². The number of anilines is 1. The zero-order valence-electron chi connectivity index (χ0n) is 10.1. The lowest BCUT2D eigenvalue weighted by Crippen LogP contribution is -2.14. The van der Waals surface area contributed by atoms with Gasteiger partial charge in [-0.3, -0.25) is 4.79 Å². The monoisotopic (exact) mass is 262 g/mol. The summed E-state index contributed by atoms with van der Waals surface area (Å²) in [5.41, 5.74) is 0.